The van der Waals surface area contributed by atoms with Crippen LogP contribution >= 0.6 is 0 Å². The molecule has 0 aliphatic carbocycles. The van der Waals surface area contributed by atoms with Crippen LogP contribution < -0.4 is 0 Å². The number of nitrogens with zero attached hydrogens (tertiary/aromatic N) is 4. The zero-order valence-corrected chi connectivity index (χ0v) is 7.07. The second-order valence-corrected chi connectivity index (χ2v) is 2.59. The maximum absolute atomic E-state index is 10.5. The molecule has 0 aliphatic heterocycles. The quantitative estimate of drug-likeness (QED) is 0.526. The predicted molar refractivity (Wildman–Crippen MR) is 48.0 cm³/mol. The van der Waals surface area contributed by atoms with E-state index in [1.165, 1.54) is 10.9 Å². The molecule has 0 amide bonds. The first-order chi connectivity index (χ1) is 6.79. The highest BCUT2D eigenvalue weighted by Crippen LogP contribution is 2.13. The Bertz CT molecular complexity index is 451. The van der Waals surface area contributed by atoms with Crippen molar-refractivity contribution in [1.29, 1.82) is 0 Å². The van der Waals surface area contributed by atoms with Gasteiger partial charge in [0, 0.05) is 0 Å². The van der Waals surface area contributed by atoms with Crippen molar-refractivity contribution in [2.75, 3.05) is 0 Å². The van der Waals surface area contributed by atoms with Crippen LogP contribution in [0.25, 0.3) is 5.69 Å². The minimum Gasteiger partial charge on any atom is -0.390 e. The number of hydrogen-bond donors (Lipinski definition) is 0. The molecular weight excluding hydrogens is 184 g/mol. The molecule has 14 heavy (non-hydrogen) atoms. The van der Waals surface area contributed by atoms with E-state index in [-0.39, 0.29) is 5.95 Å². The summed E-state index contributed by atoms with van der Waals surface area (Å²) in [6.07, 6.45) is 1.31. The Kier molecular flexibility index (Phi) is 1.94. The highest BCUT2D eigenvalue weighted by Gasteiger charge is 2.16. The summed E-state index contributed by atoms with van der Waals surface area (Å²) in [5.74, 6) is -0.281. The normalized spacial score (nSPS) is 10.0. The van der Waals surface area contributed by atoms with Crippen LogP contribution in [0.5, 0.6) is 0 Å². The second-order valence-electron chi connectivity index (χ2n) is 2.59. The van der Waals surface area contributed by atoms with Gasteiger partial charge in [0.15, 0.2) is 6.33 Å². The van der Waals surface area contributed by atoms with Gasteiger partial charge in [-0.05, 0) is 22.2 Å². The summed E-state index contributed by atoms with van der Waals surface area (Å²) in [6, 6.07) is 8.91. The van der Waals surface area contributed by atoms with Crippen molar-refractivity contribution in [1.82, 2.24) is 14.8 Å². The van der Waals surface area contributed by atoms with E-state index in [1.807, 2.05) is 6.07 Å². The summed E-state index contributed by atoms with van der Waals surface area (Å²) in [6.45, 7) is 0. The first-order valence-electron chi connectivity index (χ1n) is 3.89. The molecule has 1 heterocycles. The number of benzene rings is 1. The van der Waals surface area contributed by atoms with E-state index in [2.05, 4.69) is 10.2 Å². The Morgan fingerprint density at radius 3 is 2.64 bits per heavy atom. The van der Waals surface area contributed by atoms with E-state index in [0.29, 0.717) is 5.69 Å². The van der Waals surface area contributed by atoms with Gasteiger partial charge in [-0.2, -0.15) is 4.57 Å². The summed E-state index contributed by atoms with van der Waals surface area (Å²) in [5.41, 5.74) is 0.671. The van der Waals surface area contributed by atoms with Crippen molar-refractivity contribution in [3.63, 3.8) is 0 Å². The fourth-order valence-electron chi connectivity index (χ4n) is 1.12. The summed E-state index contributed by atoms with van der Waals surface area (Å²) in [4.78, 5) is 9.97. The Morgan fingerprint density at radius 2 is 2.00 bits per heavy atom. The lowest BCUT2D eigenvalue weighted by atomic mass is 10.3. The maximum Gasteiger partial charge on any atom is 0.463 e. The number of para-hydroxylation sites is 1. The van der Waals surface area contributed by atoms with Crippen LogP contribution in [0.15, 0.2) is 36.7 Å². The van der Waals surface area contributed by atoms with Crippen molar-refractivity contribution in [3.05, 3.63) is 46.8 Å². The van der Waals surface area contributed by atoms with Gasteiger partial charge in [-0.3, -0.25) is 0 Å². The zero-order chi connectivity index (χ0) is 9.97. The molecule has 0 N–H and O–H groups in total. The topological polar surface area (TPSA) is 73.8 Å². The van der Waals surface area contributed by atoms with E-state index in [0.717, 1.165) is 0 Å². The smallest absolute Gasteiger partial charge is 0.390 e. The lowest BCUT2D eigenvalue weighted by Gasteiger charge is -1.97. The van der Waals surface area contributed by atoms with Crippen LogP contribution in [0.4, 0.5) is 5.95 Å². The number of hydrogen-bond acceptors (Lipinski definition) is 4. The third kappa shape index (κ3) is 1.33. The van der Waals surface area contributed by atoms with Crippen molar-refractivity contribution in [2.24, 2.45) is 0 Å². The molecule has 0 radical (unpaired) electrons. The Hall–Kier alpha value is -2.24. The molecule has 2 rings (SSSR count). The molecule has 2 aromatic rings. The Labute approximate surface area is 79.0 Å². The number of nitro groups is 1. The van der Waals surface area contributed by atoms with Crippen LogP contribution in [0.3, 0.4) is 0 Å². The van der Waals surface area contributed by atoms with Crippen LogP contribution in [-0.4, -0.2) is 19.7 Å². The molecule has 0 fully saturated rings. The van der Waals surface area contributed by atoms with Gasteiger partial charge in [0.2, 0.25) is 0 Å². The highest BCUT2D eigenvalue weighted by molar-refractivity contribution is 5.34. The molecule has 70 valence electrons. The lowest BCUT2D eigenvalue weighted by Crippen LogP contribution is -1.99. The van der Waals surface area contributed by atoms with Gasteiger partial charge in [-0.1, -0.05) is 18.2 Å². The maximum atomic E-state index is 10.5. The van der Waals surface area contributed by atoms with Gasteiger partial charge in [0.05, 0.1) is 5.10 Å². The first kappa shape index (κ1) is 8.36. The van der Waals surface area contributed by atoms with Crippen LogP contribution in [0.1, 0.15) is 0 Å². The van der Waals surface area contributed by atoms with Crippen LogP contribution in [0, 0.1) is 10.1 Å². The van der Waals surface area contributed by atoms with Crippen molar-refractivity contribution in [3.8, 4) is 5.69 Å². The average Bonchev–Trinajstić information content (AvgIpc) is 2.67. The predicted octanol–water partition coefficient (Wildman–Crippen LogP) is 1.18. The van der Waals surface area contributed by atoms with Crippen molar-refractivity contribution in [2.45, 2.75) is 0 Å². The first-order valence-corrected chi connectivity index (χ1v) is 3.89. The summed E-state index contributed by atoms with van der Waals surface area (Å²) >= 11 is 0. The summed E-state index contributed by atoms with van der Waals surface area (Å²) in [5, 5.41) is 17.4. The molecule has 0 spiro atoms. The van der Waals surface area contributed by atoms with Crippen LogP contribution in [-0.2, 0) is 0 Å². The standard InChI is InChI=1S/C8H6N4O2/c13-12(14)8-10-9-6-11(8)7-4-2-1-3-5-7/h1-6H. The highest BCUT2D eigenvalue weighted by atomic mass is 16.6. The third-order valence-electron chi connectivity index (χ3n) is 1.73. The van der Waals surface area contributed by atoms with E-state index in [9.17, 15) is 10.1 Å². The van der Waals surface area contributed by atoms with Crippen LogP contribution in [0.2, 0.25) is 0 Å². The molecule has 6 heteroatoms. The van der Waals surface area contributed by atoms with E-state index >= 15 is 0 Å². The number of rotatable bonds is 2. The van der Waals surface area contributed by atoms with Gasteiger partial charge >= 0.3 is 5.95 Å². The molecular formula is C8H6N4O2. The molecule has 6 nitrogen and oxygen atoms in total. The van der Waals surface area contributed by atoms with E-state index in [4.69, 9.17) is 0 Å². The lowest BCUT2D eigenvalue weighted by molar-refractivity contribution is -0.395. The van der Waals surface area contributed by atoms with E-state index < -0.39 is 4.92 Å². The molecule has 0 saturated heterocycles. The van der Waals surface area contributed by atoms with Gasteiger partial charge in [0.25, 0.3) is 0 Å². The largest absolute Gasteiger partial charge is 0.463 e. The summed E-state index contributed by atoms with van der Waals surface area (Å²) in [7, 11) is 0. The fraction of sp³-hybridized carbons (Fsp3) is 0. The van der Waals surface area contributed by atoms with Gasteiger partial charge in [0.1, 0.15) is 5.69 Å². The molecule has 0 bridgehead atoms. The van der Waals surface area contributed by atoms with E-state index in [1.54, 1.807) is 24.3 Å². The van der Waals surface area contributed by atoms with Gasteiger partial charge in [-0.15, -0.1) is 0 Å². The van der Waals surface area contributed by atoms with Crippen molar-refractivity contribution < 1.29 is 4.92 Å². The molecule has 0 saturated carbocycles. The minimum absolute atomic E-state index is 0.281. The molecule has 0 atom stereocenters. The fourth-order valence-corrected chi connectivity index (χ4v) is 1.12. The van der Waals surface area contributed by atoms with Gasteiger partial charge < -0.3 is 10.1 Å². The zero-order valence-electron chi connectivity index (χ0n) is 7.07. The summed E-state index contributed by atoms with van der Waals surface area (Å²) < 4.78 is 1.32. The Balaban J connectivity index is 2.52. The van der Waals surface area contributed by atoms with Crippen molar-refractivity contribution >= 4 is 5.95 Å². The Morgan fingerprint density at radius 1 is 1.29 bits per heavy atom. The molecule has 1 aromatic heterocycles. The minimum atomic E-state index is -0.569. The molecule has 0 aliphatic rings. The third-order valence-corrected chi connectivity index (χ3v) is 1.73. The van der Waals surface area contributed by atoms with Gasteiger partial charge in [-0.25, -0.2) is 0 Å². The molecule has 1 aromatic carbocycles. The monoisotopic (exact) mass is 190 g/mol. The number of aromatic nitrogens is 3. The second kappa shape index (κ2) is 3.25. The molecule has 0 unspecified atom stereocenters. The SMILES string of the molecule is O=[N+]([O-])c1nncn1-c1ccccc1. The average molecular weight is 190 g/mol.